The van der Waals surface area contributed by atoms with E-state index < -0.39 is 6.10 Å². The van der Waals surface area contributed by atoms with Crippen molar-refractivity contribution >= 4 is 23.3 Å². The summed E-state index contributed by atoms with van der Waals surface area (Å²) in [7, 11) is 3.43. The molecule has 0 bridgehead atoms. The van der Waals surface area contributed by atoms with Gasteiger partial charge in [0.05, 0.1) is 18.3 Å². The van der Waals surface area contributed by atoms with Crippen LogP contribution in [0.15, 0.2) is 54.6 Å². The summed E-state index contributed by atoms with van der Waals surface area (Å²) in [4.78, 5) is 4.74. The lowest BCUT2D eigenvalue weighted by Crippen LogP contribution is -2.29. The molecule has 0 spiro atoms. The Morgan fingerprint density at radius 1 is 1.12 bits per heavy atom. The molecule has 0 saturated heterocycles. The van der Waals surface area contributed by atoms with Gasteiger partial charge in [0, 0.05) is 29.6 Å². The minimum Gasteiger partial charge on any atom is -0.497 e. The van der Waals surface area contributed by atoms with E-state index in [1.807, 2.05) is 54.6 Å². The number of aliphatic hydroxyl groups excluding tert-OH is 1. The van der Waals surface area contributed by atoms with Crippen molar-refractivity contribution in [3.8, 4) is 22.8 Å². The molecule has 26 heavy (non-hydrogen) atoms. The standard InChI is InChI=1S/C20H22N2O3.ClH/c1-21-12-15(23)13-25-20-11-18(14-6-4-3-5-7-14)22-19-10-16(24-2)8-9-17(19)20;/h3-11,15,21,23H,12-13H2,1-2H3;1H. The molecule has 1 atom stereocenters. The highest BCUT2D eigenvalue weighted by Gasteiger charge is 2.11. The Hall–Kier alpha value is -2.34. The molecule has 0 aliphatic rings. The molecular formula is C20H23ClN2O3. The largest absolute Gasteiger partial charge is 0.497 e. The normalized spacial score (nSPS) is 11.7. The zero-order chi connectivity index (χ0) is 17.6. The Morgan fingerprint density at radius 3 is 2.58 bits per heavy atom. The lowest BCUT2D eigenvalue weighted by Gasteiger charge is -2.15. The zero-order valence-electron chi connectivity index (χ0n) is 14.8. The van der Waals surface area contributed by atoms with Crippen LogP contribution in [-0.4, -0.2) is 43.5 Å². The van der Waals surface area contributed by atoms with Crippen molar-refractivity contribution in [2.45, 2.75) is 6.10 Å². The average molecular weight is 375 g/mol. The van der Waals surface area contributed by atoms with Crippen LogP contribution >= 0.6 is 12.4 Å². The highest BCUT2D eigenvalue weighted by molar-refractivity contribution is 5.89. The Kier molecular flexibility index (Phi) is 7.21. The number of ether oxygens (including phenoxy) is 2. The van der Waals surface area contributed by atoms with Crippen molar-refractivity contribution < 1.29 is 14.6 Å². The third-order valence-corrected chi connectivity index (χ3v) is 3.92. The van der Waals surface area contributed by atoms with E-state index >= 15 is 0 Å². The second-order valence-electron chi connectivity index (χ2n) is 5.78. The molecule has 1 aromatic heterocycles. The van der Waals surface area contributed by atoms with Gasteiger partial charge in [-0.15, -0.1) is 12.4 Å². The van der Waals surface area contributed by atoms with Crippen molar-refractivity contribution in [1.29, 1.82) is 0 Å². The lowest BCUT2D eigenvalue weighted by atomic mass is 10.1. The first-order valence-corrected chi connectivity index (χ1v) is 8.21. The molecule has 2 N–H and O–H groups in total. The molecule has 3 rings (SSSR count). The molecule has 0 aliphatic carbocycles. The van der Waals surface area contributed by atoms with Gasteiger partial charge < -0.3 is 19.9 Å². The summed E-state index contributed by atoms with van der Waals surface area (Å²) >= 11 is 0. The van der Waals surface area contributed by atoms with Gasteiger partial charge in [0.2, 0.25) is 0 Å². The Morgan fingerprint density at radius 2 is 1.88 bits per heavy atom. The highest BCUT2D eigenvalue weighted by Crippen LogP contribution is 2.32. The number of pyridine rings is 1. The van der Waals surface area contributed by atoms with E-state index in [1.54, 1.807) is 14.2 Å². The van der Waals surface area contributed by atoms with Gasteiger partial charge in [-0.05, 0) is 19.2 Å². The van der Waals surface area contributed by atoms with Gasteiger partial charge in [0.25, 0.3) is 0 Å². The van der Waals surface area contributed by atoms with Gasteiger partial charge in [0.15, 0.2) is 0 Å². The van der Waals surface area contributed by atoms with Crippen LogP contribution in [0.25, 0.3) is 22.2 Å². The Bertz CT molecular complexity index is 843. The van der Waals surface area contributed by atoms with E-state index in [4.69, 9.17) is 14.5 Å². The molecular weight excluding hydrogens is 352 g/mol. The van der Waals surface area contributed by atoms with E-state index in [0.29, 0.717) is 12.3 Å². The minimum absolute atomic E-state index is 0. The Labute approximate surface area is 159 Å². The number of aromatic nitrogens is 1. The van der Waals surface area contributed by atoms with Crippen molar-refractivity contribution in [3.63, 3.8) is 0 Å². The van der Waals surface area contributed by atoms with Gasteiger partial charge in [0.1, 0.15) is 24.2 Å². The van der Waals surface area contributed by atoms with Crippen molar-refractivity contribution in [3.05, 3.63) is 54.6 Å². The van der Waals surface area contributed by atoms with Crippen LogP contribution in [0.5, 0.6) is 11.5 Å². The number of nitrogens with one attached hydrogen (secondary N) is 1. The van der Waals surface area contributed by atoms with Gasteiger partial charge in [-0.25, -0.2) is 4.98 Å². The summed E-state index contributed by atoms with van der Waals surface area (Å²) in [6.45, 7) is 0.683. The van der Waals surface area contributed by atoms with Crippen molar-refractivity contribution in [1.82, 2.24) is 10.3 Å². The average Bonchev–Trinajstić information content (AvgIpc) is 2.66. The quantitative estimate of drug-likeness (QED) is 0.664. The molecule has 0 amide bonds. The predicted molar refractivity (Wildman–Crippen MR) is 106 cm³/mol. The SMILES string of the molecule is CNCC(O)COc1cc(-c2ccccc2)nc2cc(OC)ccc12.Cl. The molecule has 3 aromatic rings. The van der Waals surface area contributed by atoms with Crippen LogP contribution in [0.4, 0.5) is 0 Å². The van der Waals surface area contributed by atoms with Gasteiger partial charge in [-0.3, -0.25) is 0 Å². The monoisotopic (exact) mass is 374 g/mol. The molecule has 0 fully saturated rings. The van der Waals surface area contributed by atoms with E-state index in [0.717, 1.165) is 27.9 Å². The Balaban J connectivity index is 0.00000243. The van der Waals surface area contributed by atoms with Crippen LogP contribution in [0.3, 0.4) is 0 Å². The molecule has 0 saturated carbocycles. The fraction of sp³-hybridized carbons (Fsp3) is 0.250. The fourth-order valence-corrected chi connectivity index (χ4v) is 2.66. The molecule has 5 nitrogen and oxygen atoms in total. The summed E-state index contributed by atoms with van der Waals surface area (Å²) in [5, 5.41) is 13.7. The highest BCUT2D eigenvalue weighted by atomic mass is 35.5. The van der Waals surface area contributed by atoms with E-state index in [-0.39, 0.29) is 19.0 Å². The number of hydrogen-bond acceptors (Lipinski definition) is 5. The van der Waals surface area contributed by atoms with Crippen LogP contribution in [-0.2, 0) is 0 Å². The van der Waals surface area contributed by atoms with E-state index in [2.05, 4.69) is 5.32 Å². The maximum Gasteiger partial charge on any atom is 0.131 e. The van der Waals surface area contributed by atoms with Gasteiger partial charge in [-0.2, -0.15) is 0 Å². The number of methoxy groups -OCH3 is 1. The van der Waals surface area contributed by atoms with Crippen LogP contribution < -0.4 is 14.8 Å². The molecule has 0 aliphatic heterocycles. The third kappa shape index (κ3) is 4.64. The smallest absolute Gasteiger partial charge is 0.131 e. The number of nitrogens with zero attached hydrogens (tertiary/aromatic N) is 1. The predicted octanol–water partition coefficient (Wildman–Crippen LogP) is 3.29. The first-order chi connectivity index (χ1) is 12.2. The maximum absolute atomic E-state index is 9.93. The van der Waals surface area contributed by atoms with E-state index in [1.165, 1.54) is 0 Å². The van der Waals surface area contributed by atoms with Crippen LogP contribution in [0.1, 0.15) is 0 Å². The number of rotatable bonds is 7. The molecule has 0 radical (unpaired) electrons. The van der Waals surface area contributed by atoms with Crippen molar-refractivity contribution in [2.75, 3.05) is 27.3 Å². The first kappa shape index (κ1) is 20.0. The topological polar surface area (TPSA) is 63.6 Å². The number of halogens is 1. The van der Waals surface area contributed by atoms with Crippen LogP contribution in [0, 0.1) is 0 Å². The minimum atomic E-state index is -0.577. The van der Waals surface area contributed by atoms with Crippen molar-refractivity contribution in [2.24, 2.45) is 0 Å². The summed E-state index contributed by atoms with van der Waals surface area (Å²) in [6.07, 6.45) is -0.577. The number of benzene rings is 2. The number of fused-ring (bicyclic) bond motifs is 1. The molecule has 6 heteroatoms. The zero-order valence-corrected chi connectivity index (χ0v) is 15.6. The summed E-state index contributed by atoms with van der Waals surface area (Å²) in [5.41, 5.74) is 2.62. The summed E-state index contributed by atoms with van der Waals surface area (Å²) in [6, 6.07) is 17.5. The second-order valence-corrected chi connectivity index (χ2v) is 5.78. The summed E-state index contributed by atoms with van der Waals surface area (Å²) < 4.78 is 11.2. The molecule has 1 unspecified atom stereocenters. The molecule has 1 heterocycles. The third-order valence-electron chi connectivity index (χ3n) is 3.92. The molecule has 138 valence electrons. The number of aliphatic hydroxyl groups is 1. The molecule has 2 aromatic carbocycles. The van der Waals surface area contributed by atoms with Gasteiger partial charge >= 0.3 is 0 Å². The van der Waals surface area contributed by atoms with E-state index in [9.17, 15) is 5.11 Å². The second kappa shape index (κ2) is 9.38. The van der Waals surface area contributed by atoms with Crippen LogP contribution in [0.2, 0.25) is 0 Å². The number of likely N-dealkylation sites (N-methyl/N-ethyl adjacent to an activating group) is 1. The summed E-state index contributed by atoms with van der Waals surface area (Å²) in [5.74, 6) is 1.44. The number of hydrogen-bond donors (Lipinski definition) is 2. The maximum atomic E-state index is 9.93. The first-order valence-electron chi connectivity index (χ1n) is 8.21. The fourth-order valence-electron chi connectivity index (χ4n) is 2.66. The lowest BCUT2D eigenvalue weighted by molar-refractivity contribution is 0.109. The van der Waals surface area contributed by atoms with Gasteiger partial charge in [-0.1, -0.05) is 30.3 Å².